The third-order valence-corrected chi connectivity index (χ3v) is 3.93. The van der Waals surface area contributed by atoms with Gasteiger partial charge in [-0.3, -0.25) is 0 Å². The molecule has 17 heavy (non-hydrogen) atoms. The van der Waals surface area contributed by atoms with E-state index in [1.807, 2.05) is 7.05 Å². The van der Waals surface area contributed by atoms with E-state index >= 15 is 0 Å². The fraction of sp³-hybridized carbons (Fsp3) is 0.500. The van der Waals surface area contributed by atoms with Gasteiger partial charge in [-0.05, 0) is 25.8 Å². The Labute approximate surface area is 104 Å². The monoisotopic (exact) mass is 249 g/mol. The van der Waals surface area contributed by atoms with Crippen LogP contribution in [0.2, 0.25) is 0 Å². The first kappa shape index (κ1) is 10.9. The summed E-state index contributed by atoms with van der Waals surface area (Å²) >= 11 is 1.71. The molecular formula is C12H15N3OS. The van der Waals surface area contributed by atoms with Gasteiger partial charge in [-0.15, -0.1) is 11.3 Å². The number of aryl methyl sites for hydroxylation is 1. The van der Waals surface area contributed by atoms with Crippen molar-refractivity contribution in [3.63, 3.8) is 0 Å². The smallest absolute Gasteiger partial charge is 0.161 e. The van der Waals surface area contributed by atoms with Gasteiger partial charge in [-0.1, -0.05) is 0 Å². The van der Waals surface area contributed by atoms with Gasteiger partial charge < -0.3 is 10.1 Å². The number of rotatable bonds is 2. The zero-order valence-corrected chi connectivity index (χ0v) is 10.8. The Bertz CT molecular complexity index is 546. The maximum Gasteiger partial charge on any atom is 0.161 e. The molecule has 4 nitrogen and oxygen atoms in total. The summed E-state index contributed by atoms with van der Waals surface area (Å²) in [6, 6.07) is 2.13. The summed E-state index contributed by atoms with van der Waals surface area (Å²) in [7, 11) is 1.90. The fourth-order valence-electron chi connectivity index (χ4n) is 2.17. The molecule has 0 radical (unpaired) electrons. The molecule has 90 valence electrons. The number of ether oxygens (including phenoxy) is 1. The second-order valence-electron chi connectivity index (χ2n) is 4.26. The van der Waals surface area contributed by atoms with Crippen LogP contribution in [0.15, 0.2) is 6.07 Å². The third kappa shape index (κ3) is 1.89. The van der Waals surface area contributed by atoms with Crippen LogP contribution in [-0.2, 0) is 4.74 Å². The van der Waals surface area contributed by atoms with E-state index in [2.05, 4.69) is 28.3 Å². The minimum absolute atomic E-state index is 0.0777. The number of nitrogens with one attached hydrogen (secondary N) is 1. The molecule has 0 bridgehead atoms. The molecule has 0 aromatic carbocycles. The van der Waals surface area contributed by atoms with Crippen molar-refractivity contribution in [3.8, 4) is 0 Å². The maximum atomic E-state index is 5.65. The lowest BCUT2D eigenvalue weighted by atomic mass is 10.2. The van der Waals surface area contributed by atoms with Gasteiger partial charge in [-0.2, -0.15) is 0 Å². The summed E-state index contributed by atoms with van der Waals surface area (Å²) in [5, 5.41) is 4.26. The van der Waals surface area contributed by atoms with Crippen LogP contribution < -0.4 is 5.32 Å². The molecule has 1 saturated heterocycles. The second kappa shape index (κ2) is 4.23. The summed E-state index contributed by atoms with van der Waals surface area (Å²) in [6.07, 6.45) is 2.21. The van der Waals surface area contributed by atoms with Crippen LogP contribution in [0.3, 0.4) is 0 Å². The first-order valence-corrected chi connectivity index (χ1v) is 6.67. The van der Waals surface area contributed by atoms with E-state index in [4.69, 9.17) is 4.74 Å². The van der Waals surface area contributed by atoms with E-state index in [1.54, 1.807) is 11.3 Å². The van der Waals surface area contributed by atoms with E-state index in [9.17, 15) is 0 Å². The lowest BCUT2D eigenvalue weighted by Gasteiger charge is -2.10. The predicted molar refractivity (Wildman–Crippen MR) is 69.6 cm³/mol. The molecular weight excluding hydrogens is 234 g/mol. The minimum Gasteiger partial charge on any atom is -0.372 e. The molecule has 5 heteroatoms. The van der Waals surface area contributed by atoms with Gasteiger partial charge in [0.05, 0.1) is 5.39 Å². The van der Waals surface area contributed by atoms with Crippen molar-refractivity contribution in [1.29, 1.82) is 0 Å². The van der Waals surface area contributed by atoms with Crippen molar-refractivity contribution < 1.29 is 4.74 Å². The van der Waals surface area contributed by atoms with E-state index in [0.29, 0.717) is 0 Å². The highest BCUT2D eigenvalue weighted by Crippen LogP contribution is 2.32. The van der Waals surface area contributed by atoms with E-state index in [0.717, 1.165) is 41.3 Å². The van der Waals surface area contributed by atoms with Crippen LogP contribution in [0.25, 0.3) is 10.2 Å². The Morgan fingerprint density at radius 3 is 3.06 bits per heavy atom. The number of nitrogens with zero attached hydrogens (tertiary/aromatic N) is 2. The highest BCUT2D eigenvalue weighted by molar-refractivity contribution is 7.18. The zero-order valence-electron chi connectivity index (χ0n) is 9.99. The number of thiophene rings is 1. The largest absolute Gasteiger partial charge is 0.372 e. The molecule has 3 heterocycles. The molecule has 1 aliphatic rings. The Hall–Kier alpha value is -1.20. The molecule has 3 rings (SSSR count). The van der Waals surface area contributed by atoms with Crippen molar-refractivity contribution in [1.82, 2.24) is 9.97 Å². The first-order valence-electron chi connectivity index (χ1n) is 5.85. The second-order valence-corrected chi connectivity index (χ2v) is 5.49. The molecule has 1 unspecified atom stereocenters. The Morgan fingerprint density at radius 1 is 1.47 bits per heavy atom. The van der Waals surface area contributed by atoms with Crippen LogP contribution in [-0.4, -0.2) is 23.6 Å². The molecule has 2 aromatic rings. The van der Waals surface area contributed by atoms with E-state index in [1.165, 1.54) is 4.88 Å². The Kier molecular flexibility index (Phi) is 2.72. The number of hydrogen-bond donors (Lipinski definition) is 1. The summed E-state index contributed by atoms with van der Waals surface area (Å²) in [5.41, 5.74) is 0. The Balaban J connectivity index is 2.13. The van der Waals surface area contributed by atoms with Crippen molar-refractivity contribution in [2.24, 2.45) is 0 Å². The summed E-state index contributed by atoms with van der Waals surface area (Å²) in [5.74, 6) is 1.73. The Morgan fingerprint density at radius 2 is 2.35 bits per heavy atom. The molecule has 1 atom stereocenters. The zero-order chi connectivity index (χ0) is 11.8. The van der Waals surface area contributed by atoms with Crippen molar-refractivity contribution >= 4 is 27.4 Å². The molecule has 0 aliphatic carbocycles. The molecule has 0 saturated carbocycles. The van der Waals surface area contributed by atoms with Gasteiger partial charge in [0.1, 0.15) is 16.8 Å². The number of fused-ring (bicyclic) bond motifs is 1. The summed E-state index contributed by atoms with van der Waals surface area (Å²) < 4.78 is 5.65. The van der Waals surface area contributed by atoms with Crippen LogP contribution in [0.5, 0.6) is 0 Å². The maximum absolute atomic E-state index is 5.65. The minimum atomic E-state index is 0.0777. The van der Waals surface area contributed by atoms with Crippen molar-refractivity contribution in [3.05, 3.63) is 16.8 Å². The standard InChI is InChI=1S/C12H15N3OS/c1-7-6-8-10(13-2)14-11(15-12(8)17-7)9-4-3-5-16-9/h6,9H,3-5H2,1-2H3,(H,13,14,15). The van der Waals surface area contributed by atoms with E-state index in [-0.39, 0.29) is 6.10 Å². The fourth-order valence-corrected chi connectivity index (χ4v) is 3.06. The quantitative estimate of drug-likeness (QED) is 0.889. The van der Waals surface area contributed by atoms with Crippen LogP contribution in [0.4, 0.5) is 5.82 Å². The lowest BCUT2D eigenvalue weighted by molar-refractivity contribution is 0.105. The normalized spacial score (nSPS) is 20.0. The molecule has 1 fully saturated rings. The molecule has 1 N–H and O–H groups in total. The van der Waals surface area contributed by atoms with Crippen LogP contribution >= 0.6 is 11.3 Å². The molecule has 1 aliphatic heterocycles. The number of aromatic nitrogens is 2. The van der Waals surface area contributed by atoms with Gasteiger partial charge in [0.15, 0.2) is 5.82 Å². The van der Waals surface area contributed by atoms with Gasteiger partial charge in [0.2, 0.25) is 0 Å². The average Bonchev–Trinajstić information content (AvgIpc) is 2.94. The van der Waals surface area contributed by atoms with Gasteiger partial charge in [0, 0.05) is 18.5 Å². The summed E-state index contributed by atoms with van der Waals surface area (Å²) in [6.45, 7) is 2.92. The highest BCUT2D eigenvalue weighted by Gasteiger charge is 2.22. The van der Waals surface area contributed by atoms with Crippen LogP contribution in [0.1, 0.15) is 29.6 Å². The van der Waals surface area contributed by atoms with Crippen molar-refractivity contribution in [2.75, 3.05) is 19.0 Å². The van der Waals surface area contributed by atoms with Crippen molar-refractivity contribution in [2.45, 2.75) is 25.9 Å². The molecule has 2 aromatic heterocycles. The van der Waals surface area contributed by atoms with Gasteiger partial charge in [0.25, 0.3) is 0 Å². The SMILES string of the molecule is CNc1nc(C2CCCO2)nc2sc(C)cc12. The number of anilines is 1. The average molecular weight is 249 g/mol. The predicted octanol–water partition coefficient (Wildman–Crippen LogP) is 2.89. The van der Waals surface area contributed by atoms with Gasteiger partial charge in [-0.25, -0.2) is 9.97 Å². The first-order chi connectivity index (χ1) is 8.28. The topological polar surface area (TPSA) is 47.0 Å². The van der Waals surface area contributed by atoms with Crippen LogP contribution in [0, 0.1) is 6.92 Å². The van der Waals surface area contributed by atoms with Gasteiger partial charge >= 0.3 is 0 Å². The number of hydrogen-bond acceptors (Lipinski definition) is 5. The molecule has 0 amide bonds. The highest BCUT2D eigenvalue weighted by atomic mass is 32.1. The molecule has 0 spiro atoms. The lowest BCUT2D eigenvalue weighted by Crippen LogP contribution is -2.05. The van der Waals surface area contributed by atoms with E-state index < -0.39 is 0 Å². The summed E-state index contributed by atoms with van der Waals surface area (Å²) in [4.78, 5) is 11.5. The third-order valence-electron chi connectivity index (χ3n) is 2.99.